The molecule has 19 heavy (non-hydrogen) atoms. The van der Waals surface area contributed by atoms with Crippen LogP contribution in [-0.2, 0) is 6.42 Å². The van der Waals surface area contributed by atoms with Crippen LogP contribution in [0, 0.1) is 0 Å². The molecule has 1 amide bonds. The summed E-state index contributed by atoms with van der Waals surface area (Å²) in [7, 11) is 0. The van der Waals surface area contributed by atoms with E-state index in [2.05, 4.69) is 20.5 Å². The van der Waals surface area contributed by atoms with Crippen LogP contribution in [0.25, 0.3) is 0 Å². The van der Waals surface area contributed by atoms with Gasteiger partial charge in [-0.1, -0.05) is 18.2 Å². The Hall–Kier alpha value is -2.21. The molecule has 0 bridgehead atoms. The lowest BCUT2D eigenvalue weighted by Gasteiger charge is -2.13. The van der Waals surface area contributed by atoms with E-state index >= 15 is 0 Å². The van der Waals surface area contributed by atoms with Crippen LogP contribution in [0.1, 0.15) is 34.7 Å². The number of aromatic amines is 1. The van der Waals surface area contributed by atoms with Crippen molar-refractivity contribution in [2.24, 2.45) is 5.73 Å². The van der Waals surface area contributed by atoms with E-state index in [0.717, 1.165) is 5.56 Å². The highest BCUT2D eigenvalue weighted by molar-refractivity contribution is 5.95. The molecule has 0 radical (unpaired) electrons. The van der Waals surface area contributed by atoms with Crippen molar-refractivity contribution in [2.75, 3.05) is 6.54 Å². The van der Waals surface area contributed by atoms with Gasteiger partial charge in [0, 0.05) is 5.56 Å². The van der Waals surface area contributed by atoms with Crippen molar-refractivity contribution < 1.29 is 4.79 Å². The molecule has 0 spiro atoms. The molecular weight excluding hydrogens is 242 g/mol. The Morgan fingerprint density at radius 1 is 1.47 bits per heavy atom. The Morgan fingerprint density at radius 3 is 2.95 bits per heavy atom. The third-order valence-corrected chi connectivity index (χ3v) is 2.87. The summed E-state index contributed by atoms with van der Waals surface area (Å²) >= 11 is 0. The Bertz CT molecular complexity index is 538. The second-order valence-corrected chi connectivity index (χ2v) is 4.26. The van der Waals surface area contributed by atoms with Crippen LogP contribution in [0.15, 0.2) is 30.6 Å². The zero-order valence-corrected chi connectivity index (χ0v) is 10.8. The van der Waals surface area contributed by atoms with Gasteiger partial charge < -0.3 is 11.1 Å². The van der Waals surface area contributed by atoms with Crippen molar-refractivity contribution in [3.8, 4) is 0 Å². The van der Waals surface area contributed by atoms with Gasteiger partial charge in [-0.2, -0.15) is 5.10 Å². The molecule has 0 aliphatic heterocycles. The van der Waals surface area contributed by atoms with Gasteiger partial charge in [0.2, 0.25) is 0 Å². The molecule has 100 valence electrons. The van der Waals surface area contributed by atoms with Crippen molar-refractivity contribution in [3.05, 3.63) is 47.5 Å². The van der Waals surface area contributed by atoms with E-state index in [0.29, 0.717) is 24.4 Å². The minimum atomic E-state index is -0.221. The summed E-state index contributed by atoms with van der Waals surface area (Å²) in [6.45, 7) is 2.37. The van der Waals surface area contributed by atoms with Crippen LogP contribution >= 0.6 is 0 Å². The van der Waals surface area contributed by atoms with Gasteiger partial charge in [-0.3, -0.25) is 9.89 Å². The largest absolute Gasteiger partial charge is 0.342 e. The molecule has 6 nitrogen and oxygen atoms in total. The maximum Gasteiger partial charge on any atom is 0.252 e. The molecule has 1 aromatic carbocycles. The molecule has 1 unspecified atom stereocenters. The highest BCUT2D eigenvalue weighted by Crippen LogP contribution is 2.12. The minimum absolute atomic E-state index is 0.132. The lowest BCUT2D eigenvalue weighted by atomic mass is 10.0. The third-order valence-electron chi connectivity index (χ3n) is 2.87. The molecule has 2 rings (SSSR count). The van der Waals surface area contributed by atoms with Crippen LogP contribution in [0.5, 0.6) is 0 Å². The van der Waals surface area contributed by atoms with Crippen molar-refractivity contribution in [1.29, 1.82) is 0 Å². The number of nitrogens with zero attached hydrogens (tertiary/aromatic N) is 2. The number of hydrogen-bond donors (Lipinski definition) is 3. The maximum atomic E-state index is 12.2. The average Bonchev–Trinajstić information content (AvgIpc) is 2.93. The third kappa shape index (κ3) is 3.17. The normalized spacial score (nSPS) is 12.1. The fourth-order valence-corrected chi connectivity index (χ4v) is 1.88. The fourth-order valence-electron chi connectivity index (χ4n) is 1.88. The van der Waals surface area contributed by atoms with Crippen molar-refractivity contribution in [3.63, 3.8) is 0 Å². The summed E-state index contributed by atoms with van der Waals surface area (Å²) < 4.78 is 0. The van der Waals surface area contributed by atoms with Crippen LogP contribution in [0.2, 0.25) is 0 Å². The predicted molar refractivity (Wildman–Crippen MR) is 71.5 cm³/mol. The Kier molecular flexibility index (Phi) is 4.25. The SMILES string of the molecule is CC(NC(=O)c1ccccc1CCN)c1ncn[nH]1. The van der Waals surface area contributed by atoms with Crippen molar-refractivity contribution >= 4 is 5.91 Å². The molecule has 0 saturated heterocycles. The highest BCUT2D eigenvalue weighted by atomic mass is 16.1. The number of nitrogens with two attached hydrogens (primary N) is 1. The quantitative estimate of drug-likeness (QED) is 0.739. The van der Waals surface area contributed by atoms with Gasteiger partial charge in [0.15, 0.2) is 0 Å². The first-order valence-electron chi connectivity index (χ1n) is 6.16. The number of aromatic nitrogens is 3. The summed E-state index contributed by atoms with van der Waals surface area (Å²) in [5, 5.41) is 9.39. The first-order chi connectivity index (χ1) is 9.22. The second-order valence-electron chi connectivity index (χ2n) is 4.26. The number of H-pyrrole nitrogens is 1. The second kappa shape index (κ2) is 6.10. The molecule has 6 heteroatoms. The van der Waals surface area contributed by atoms with E-state index in [-0.39, 0.29) is 11.9 Å². The van der Waals surface area contributed by atoms with Gasteiger partial charge in [0.05, 0.1) is 6.04 Å². The molecule has 0 fully saturated rings. The summed E-state index contributed by atoms with van der Waals surface area (Å²) in [6, 6.07) is 7.24. The van der Waals surface area contributed by atoms with E-state index < -0.39 is 0 Å². The van der Waals surface area contributed by atoms with Gasteiger partial charge in [0.25, 0.3) is 5.91 Å². The Labute approximate surface area is 111 Å². The van der Waals surface area contributed by atoms with E-state index in [4.69, 9.17) is 5.73 Å². The van der Waals surface area contributed by atoms with Crippen LogP contribution in [0.4, 0.5) is 0 Å². The van der Waals surface area contributed by atoms with Crippen LogP contribution in [-0.4, -0.2) is 27.6 Å². The molecule has 1 aromatic heterocycles. The smallest absolute Gasteiger partial charge is 0.252 e. The van der Waals surface area contributed by atoms with Crippen molar-refractivity contribution in [1.82, 2.24) is 20.5 Å². The van der Waals surface area contributed by atoms with E-state index in [1.165, 1.54) is 6.33 Å². The van der Waals surface area contributed by atoms with E-state index in [9.17, 15) is 4.79 Å². The summed E-state index contributed by atoms with van der Waals surface area (Å²) in [6.07, 6.45) is 2.10. The van der Waals surface area contributed by atoms with Gasteiger partial charge in [-0.05, 0) is 31.5 Å². The number of carbonyl (C=O) groups excluding carboxylic acids is 1. The standard InChI is InChI=1S/C13H17N5O/c1-9(12-15-8-16-18-12)17-13(19)11-5-3-2-4-10(11)6-7-14/h2-5,8-9H,6-7,14H2,1H3,(H,17,19)(H,15,16,18). The molecule has 0 aliphatic carbocycles. The monoisotopic (exact) mass is 259 g/mol. The van der Waals surface area contributed by atoms with Crippen LogP contribution < -0.4 is 11.1 Å². The van der Waals surface area contributed by atoms with E-state index in [1.54, 1.807) is 6.07 Å². The van der Waals surface area contributed by atoms with Gasteiger partial charge in [-0.15, -0.1) is 0 Å². The maximum absolute atomic E-state index is 12.2. The topological polar surface area (TPSA) is 96.7 Å². The first-order valence-corrected chi connectivity index (χ1v) is 6.16. The lowest BCUT2D eigenvalue weighted by molar-refractivity contribution is 0.0937. The minimum Gasteiger partial charge on any atom is -0.342 e. The first kappa shape index (κ1) is 13.2. The molecule has 0 saturated carbocycles. The summed E-state index contributed by atoms with van der Waals surface area (Å²) in [5.74, 6) is 0.498. The van der Waals surface area contributed by atoms with E-state index in [1.807, 2.05) is 25.1 Å². The van der Waals surface area contributed by atoms with Gasteiger partial charge in [0.1, 0.15) is 12.2 Å². The zero-order chi connectivity index (χ0) is 13.7. The Balaban J connectivity index is 2.11. The highest BCUT2D eigenvalue weighted by Gasteiger charge is 2.15. The van der Waals surface area contributed by atoms with Crippen LogP contribution in [0.3, 0.4) is 0 Å². The molecule has 1 heterocycles. The molecule has 2 aromatic rings. The summed E-state index contributed by atoms with van der Waals surface area (Å²) in [5.41, 5.74) is 7.16. The number of amides is 1. The molecular formula is C13H17N5O. The van der Waals surface area contributed by atoms with Crippen molar-refractivity contribution in [2.45, 2.75) is 19.4 Å². The van der Waals surface area contributed by atoms with Gasteiger partial charge >= 0.3 is 0 Å². The number of nitrogens with one attached hydrogen (secondary N) is 2. The zero-order valence-electron chi connectivity index (χ0n) is 10.8. The van der Waals surface area contributed by atoms with Gasteiger partial charge in [-0.25, -0.2) is 4.98 Å². The summed E-state index contributed by atoms with van der Waals surface area (Å²) in [4.78, 5) is 16.3. The number of rotatable bonds is 5. The molecule has 0 aliphatic rings. The molecule has 1 atom stereocenters. The predicted octanol–water partition coefficient (Wildman–Crippen LogP) is 0.797. The number of benzene rings is 1. The molecule has 4 N–H and O–H groups in total. The number of hydrogen-bond acceptors (Lipinski definition) is 4. The Morgan fingerprint density at radius 2 is 2.26 bits per heavy atom. The lowest BCUT2D eigenvalue weighted by Crippen LogP contribution is -2.28. The average molecular weight is 259 g/mol. The number of carbonyl (C=O) groups is 1. The fraction of sp³-hybridized carbons (Fsp3) is 0.308.